The summed E-state index contributed by atoms with van der Waals surface area (Å²) in [5.74, 6) is -1.71. The van der Waals surface area contributed by atoms with Gasteiger partial charge in [-0.2, -0.15) is 0 Å². The van der Waals surface area contributed by atoms with Crippen molar-refractivity contribution in [1.82, 2.24) is 15.5 Å². The second kappa shape index (κ2) is 15.2. The number of carboxylic acids is 1. The van der Waals surface area contributed by atoms with Crippen LogP contribution in [-0.4, -0.2) is 65.2 Å². The van der Waals surface area contributed by atoms with Gasteiger partial charge in [0.15, 0.2) is 0 Å². The van der Waals surface area contributed by atoms with Crippen LogP contribution in [0.5, 0.6) is 0 Å². The van der Waals surface area contributed by atoms with Gasteiger partial charge >= 0.3 is 12.1 Å². The number of ether oxygens (including phenoxy) is 1. The summed E-state index contributed by atoms with van der Waals surface area (Å²) in [6, 6.07) is 9.85. The van der Waals surface area contributed by atoms with Crippen LogP contribution < -0.4 is 10.6 Å². The first-order chi connectivity index (χ1) is 17.5. The van der Waals surface area contributed by atoms with E-state index in [1.807, 2.05) is 51.1 Å². The van der Waals surface area contributed by atoms with Crippen LogP contribution in [0.2, 0.25) is 0 Å². The minimum atomic E-state index is -0.978. The number of carboxylic acid groups (broad SMARTS) is 1. The fourth-order valence-electron chi connectivity index (χ4n) is 4.53. The average Bonchev–Trinajstić information content (AvgIpc) is 3.10. The van der Waals surface area contributed by atoms with E-state index in [1.165, 1.54) is 5.56 Å². The lowest BCUT2D eigenvalue weighted by Gasteiger charge is -2.25. The predicted molar refractivity (Wildman–Crippen MR) is 141 cm³/mol. The molecule has 37 heavy (non-hydrogen) atoms. The molecule has 3 amide bonds. The Morgan fingerprint density at radius 3 is 2.41 bits per heavy atom. The maximum absolute atomic E-state index is 12.9. The smallest absolute Gasteiger partial charge is 0.407 e. The fourth-order valence-corrected chi connectivity index (χ4v) is 4.53. The number of benzene rings is 1. The van der Waals surface area contributed by atoms with E-state index >= 15 is 0 Å². The summed E-state index contributed by atoms with van der Waals surface area (Å²) in [5.41, 5.74) is 0.682. The number of likely N-dealkylation sites (tertiary alicyclic amines) is 1. The topological polar surface area (TPSA) is 125 Å². The van der Waals surface area contributed by atoms with Gasteiger partial charge in [-0.3, -0.25) is 14.4 Å². The van der Waals surface area contributed by atoms with Gasteiger partial charge in [-0.05, 0) is 58.4 Å². The number of hydrogen-bond donors (Lipinski definition) is 3. The number of rotatable bonds is 15. The third-order valence-electron chi connectivity index (χ3n) is 6.29. The summed E-state index contributed by atoms with van der Waals surface area (Å²) in [5, 5.41) is 14.9. The monoisotopic (exact) mass is 517 g/mol. The third-order valence-corrected chi connectivity index (χ3v) is 6.29. The van der Waals surface area contributed by atoms with Crippen LogP contribution in [0.15, 0.2) is 30.3 Å². The van der Waals surface area contributed by atoms with Gasteiger partial charge in [0, 0.05) is 32.1 Å². The molecular weight excluding hydrogens is 474 g/mol. The van der Waals surface area contributed by atoms with Crippen LogP contribution in [-0.2, 0) is 25.5 Å². The summed E-state index contributed by atoms with van der Waals surface area (Å²) < 4.78 is 5.19. The van der Waals surface area contributed by atoms with Crippen molar-refractivity contribution in [1.29, 1.82) is 0 Å². The van der Waals surface area contributed by atoms with Gasteiger partial charge in [-0.25, -0.2) is 4.79 Å². The minimum Gasteiger partial charge on any atom is -0.481 e. The van der Waals surface area contributed by atoms with Crippen molar-refractivity contribution in [2.45, 2.75) is 90.2 Å². The van der Waals surface area contributed by atoms with Gasteiger partial charge < -0.3 is 25.4 Å². The van der Waals surface area contributed by atoms with Crippen molar-refractivity contribution in [3.63, 3.8) is 0 Å². The first kappa shape index (κ1) is 30.1. The highest BCUT2D eigenvalue weighted by Crippen LogP contribution is 2.27. The number of aliphatic carboxylic acids is 1. The molecule has 0 radical (unpaired) electrons. The van der Waals surface area contributed by atoms with E-state index in [0.717, 1.165) is 38.5 Å². The molecule has 2 rings (SSSR count). The number of nitrogens with zero attached hydrogens (tertiary/aromatic N) is 1. The minimum absolute atomic E-state index is 0.0646. The fraction of sp³-hybridized carbons (Fsp3) is 0.643. The lowest BCUT2D eigenvalue weighted by molar-refractivity contribution is -0.142. The Balaban J connectivity index is 1.68. The van der Waals surface area contributed by atoms with Gasteiger partial charge in [0.05, 0.1) is 12.3 Å². The van der Waals surface area contributed by atoms with E-state index in [1.54, 1.807) is 4.90 Å². The maximum atomic E-state index is 12.9. The average molecular weight is 518 g/mol. The van der Waals surface area contributed by atoms with Crippen LogP contribution in [0.25, 0.3) is 0 Å². The SMILES string of the molecule is CC(C)(C)OC(=O)NCCCCCCC(=O)NC[C@@H]1C[C@@H](CC(=O)O)C(=O)N1CCCc1ccccc1. The van der Waals surface area contributed by atoms with Crippen molar-refractivity contribution < 1.29 is 29.0 Å². The second-order valence-electron chi connectivity index (χ2n) is 10.7. The number of carbonyl (C=O) groups is 4. The number of hydrogen-bond acceptors (Lipinski definition) is 5. The van der Waals surface area contributed by atoms with Crippen LogP contribution in [0, 0.1) is 5.92 Å². The molecule has 1 saturated heterocycles. The molecule has 1 heterocycles. The van der Waals surface area contributed by atoms with Crippen LogP contribution in [0.3, 0.4) is 0 Å². The Kier molecular flexibility index (Phi) is 12.4. The Bertz CT molecular complexity index is 884. The Hall–Kier alpha value is -3.10. The van der Waals surface area contributed by atoms with Crippen molar-refractivity contribution >= 4 is 23.9 Å². The largest absolute Gasteiger partial charge is 0.481 e. The highest BCUT2D eigenvalue weighted by Gasteiger charge is 2.40. The van der Waals surface area contributed by atoms with E-state index < -0.39 is 23.6 Å². The van der Waals surface area contributed by atoms with Crippen molar-refractivity contribution in [2.75, 3.05) is 19.6 Å². The number of unbranched alkanes of at least 4 members (excludes halogenated alkanes) is 3. The summed E-state index contributed by atoms with van der Waals surface area (Å²) in [7, 11) is 0. The molecule has 3 N–H and O–H groups in total. The zero-order chi connectivity index (χ0) is 27.3. The van der Waals surface area contributed by atoms with Crippen molar-refractivity contribution in [3.05, 3.63) is 35.9 Å². The summed E-state index contributed by atoms with van der Waals surface area (Å²) in [4.78, 5) is 49.8. The van der Waals surface area contributed by atoms with Crippen LogP contribution >= 0.6 is 0 Å². The number of nitrogens with one attached hydrogen (secondary N) is 2. The Morgan fingerprint density at radius 1 is 1.03 bits per heavy atom. The Morgan fingerprint density at radius 2 is 1.73 bits per heavy atom. The molecule has 0 aliphatic carbocycles. The molecule has 1 aliphatic rings. The molecule has 0 aromatic heterocycles. The van der Waals surface area contributed by atoms with Crippen molar-refractivity contribution in [3.8, 4) is 0 Å². The molecule has 1 aliphatic heterocycles. The van der Waals surface area contributed by atoms with Gasteiger partial charge in [-0.1, -0.05) is 43.2 Å². The first-order valence-electron chi connectivity index (χ1n) is 13.3. The number of amides is 3. The second-order valence-corrected chi connectivity index (χ2v) is 10.7. The van der Waals surface area contributed by atoms with Gasteiger partial charge in [0.1, 0.15) is 5.60 Å². The van der Waals surface area contributed by atoms with E-state index in [0.29, 0.717) is 32.5 Å². The van der Waals surface area contributed by atoms with E-state index in [-0.39, 0.29) is 24.3 Å². The molecule has 2 atom stereocenters. The van der Waals surface area contributed by atoms with Gasteiger partial charge in [-0.15, -0.1) is 0 Å². The molecule has 1 aromatic rings. The van der Waals surface area contributed by atoms with E-state index in [2.05, 4.69) is 10.6 Å². The normalized spacial score (nSPS) is 17.5. The molecule has 1 fully saturated rings. The molecule has 0 bridgehead atoms. The highest BCUT2D eigenvalue weighted by atomic mass is 16.6. The number of carbonyl (C=O) groups excluding carboxylic acids is 3. The first-order valence-corrected chi connectivity index (χ1v) is 13.3. The van der Waals surface area contributed by atoms with Gasteiger partial charge in [0.25, 0.3) is 0 Å². The summed E-state index contributed by atoms with van der Waals surface area (Å²) >= 11 is 0. The van der Waals surface area contributed by atoms with E-state index in [4.69, 9.17) is 4.74 Å². The molecular formula is C28H43N3O6. The molecule has 0 spiro atoms. The maximum Gasteiger partial charge on any atom is 0.407 e. The highest BCUT2D eigenvalue weighted by molar-refractivity contribution is 5.85. The molecule has 1 aromatic carbocycles. The summed E-state index contributed by atoms with van der Waals surface area (Å²) in [6.07, 6.45) is 5.18. The number of aryl methyl sites for hydroxylation is 1. The molecule has 9 heteroatoms. The molecule has 0 saturated carbocycles. The molecule has 206 valence electrons. The quantitative estimate of drug-likeness (QED) is 0.303. The Labute approximate surface area is 220 Å². The van der Waals surface area contributed by atoms with Crippen molar-refractivity contribution in [2.24, 2.45) is 5.92 Å². The van der Waals surface area contributed by atoms with Crippen LogP contribution in [0.1, 0.15) is 77.7 Å². The standard InChI is InChI=1S/C28H43N3O6/c1-28(2,3)37-27(36)29-16-10-5-4-9-15-24(32)30-20-23-18-22(19-25(33)34)26(35)31(23)17-11-14-21-12-7-6-8-13-21/h6-8,12-13,22-23H,4-5,9-11,14-20H2,1-3H3,(H,29,36)(H,30,32)(H,33,34)/t22-,23-/m0/s1. The summed E-state index contributed by atoms with van der Waals surface area (Å²) in [6.45, 7) is 6.88. The van der Waals surface area contributed by atoms with Gasteiger partial charge in [0.2, 0.25) is 11.8 Å². The zero-order valence-electron chi connectivity index (χ0n) is 22.5. The van der Waals surface area contributed by atoms with Crippen LogP contribution in [0.4, 0.5) is 4.79 Å². The third kappa shape index (κ3) is 12.1. The predicted octanol–water partition coefficient (Wildman–Crippen LogP) is 3.90. The van der Waals surface area contributed by atoms with E-state index in [9.17, 15) is 24.3 Å². The lowest BCUT2D eigenvalue weighted by Crippen LogP contribution is -2.42. The lowest BCUT2D eigenvalue weighted by atomic mass is 10.0. The number of alkyl carbamates (subject to hydrolysis) is 1. The molecule has 0 unspecified atom stereocenters. The zero-order valence-corrected chi connectivity index (χ0v) is 22.5. The molecule has 9 nitrogen and oxygen atoms in total.